The van der Waals surface area contributed by atoms with Gasteiger partial charge in [-0.1, -0.05) is 31.5 Å². The molecule has 0 amide bonds. The molecule has 11 heavy (non-hydrogen) atoms. The van der Waals surface area contributed by atoms with Crippen molar-refractivity contribution in [1.82, 2.24) is 0 Å². The third-order valence-electron chi connectivity index (χ3n) is 1.59. The van der Waals surface area contributed by atoms with Crippen molar-refractivity contribution in [1.29, 1.82) is 0 Å². The summed E-state index contributed by atoms with van der Waals surface area (Å²) in [6.45, 7) is 2.04. The standard InChI is InChI=1S/C10H14O/c1-2-3-6-9-7-4-5-8-10(9)11/h4-5,7-8,11H,2-3,6H2,1H3/i6T. The fourth-order valence-electron chi connectivity index (χ4n) is 0.960. The number of benzene rings is 1. The van der Waals surface area contributed by atoms with Crippen molar-refractivity contribution in [2.75, 3.05) is 0 Å². The van der Waals surface area contributed by atoms with Gasteiger partial charge in [-0.25, -0.2) is 0 Å². The van der Waals surface area contributed by atoms with Gasteiger partial charge in [-0.3, -0.25) is 0 Å². The third-order valence-corrected chi connectivity index (χ3v) is 1.59. The molecule has 1 nitrogen and oxygen atoms in total. The smallest absolute Gasteiger partial charge is 0.118 e. The van der Waals surface area contributed by atoms with Gasteiger partial charge in [0.2, 0.25) is 0 Å². The topological polar surface area (TPSA) is 20.2 Å². The molecule has 0 heterocycles. The van der Waals surface area contributed by atoms with Gasteiger partial charge < -0.3 is 5.11 Å². The van der Waals surface area contributed by atoms with Crippen molar-refractivity contribution >= 4 is 0 Å². The van der Waals surface area contributed by atoms with Crippen molar-refractivity contribution in [2.24, 2.45) is 0 Å². The zero-order valence-corrected chi connectivity index (χ0v) is 6.75. The summed E-state index contributed by atoms with van der Waals surface area (Å²) in [6.07, 6.45) is 1.50. The van der Waals surface area contributed by atoms with E-state index in [2.05, 4.69) is 0 Å². The largest absolute Gasteiger partial charge is 0.508 e. The van der Waals surface area contributed by atoms with E-state index in [-0.39, 0.29) is 12.1 Å². The monoisotopic (exact) mass is 152 g/mol. The Labute approximate surface area is 69.1 Å². The van der Waals surface area contributed by atoms with Crippen LogP contribution in [0.5, 0.6) is 5.75 Å². The van der Waals surface area contributed by atoms with Crippen LogP contribution in [-0.2, 0) is 6.40 Å². The summed E-state index contributed by atoms with van der Waals surface area (Å²) in [7, 11) is 0. The third kappa shape index (κ3) is 2.26. The van der Waals surface area contributed by atoms with Gasteiger partial charge in [-0.2, -0.15) is 0 Å². The molecule has 0 spiro atoms. The first-order valence-electron chi connectivity index (χ1n) is 4.53. The number of aryl methyl sites for hydroxylation is 1. The molecule has 60 valence electrons. The minimum atomic E-state index is -0.281. The second kappa shape index (κ2) is 4.02. The average molecular weight is 152 g/mol. The summed E-state index contributed by atoms with van der Waals surface area (Å²) in [5.74, 6) is 0.242. The first-order chi connectivity index (χ1) is 5.75. The van der Waals surface area contributed by atoms with Crippen molar-refractivity contribution in [3.63, 3.8) is 0 Å². The molecule has 0 aliphatic heterocycles. The molecular weight excluding hydrogens is 136 g/mol. The highest BCUT2D eigenvalue weighted by atomic mass is 16.3. The number of phenolic OH excluding ortho intramolecular Hbond substituents is 1. The van der Waals surface area contributed by atoms with Crippen LogP contribution in [0.4, 0.5) is 0 Å². The molecule has 0 saturated heterocycles. The molecule has 1 aromatic rings. The Kier molecular flexibility index (Phi) is 2.45. The molecule has 1 N–H and O–H groups in total. The van der Waals surface area contributed by atoms with Gasteiger partial charge in [-0.05, 0) is 24.4 Å². The predicted octanol–water partition coefficient (Wildman–Crippen LogP) is 2.73. The minimum Gasteiger partial charge on any atom is -0.508 e. The molecule has 1 rings (SSSR count). The van der Waals surface area contributed by atoms with Gasteiger partial charge >= 0.3 is 0 Å². The average Bonchev–Trinajstić information content (AvgIpc) is 2.05. The van der Waals surface area contributed by atoms with Gasteiger partial charge in [0.1, 0.15) is 5.75 Å². The predicted molar refractivity (Wildman–Crippen MR) is 46.7 cm³/mol. The molecule has 1 heteroatoms. The SMILES string of the molecule is [3H]C(CCC)c1ccccc1O. The fourth-order valence-corrected chi connectivity index (χ4v) is 0.960. The summed E-state index contributed by atoms with van der Waals surface area (Å²) in [5.41, 5.74) is 0.736. The Morgan fingerprint density at radius 3 is 2.82 bits per heavy atom. The first kappa shape index (κ1) is 6.71. The number of para-hydroxylation sites is 1. The van der Waals surface area contributed by atoms with Crippen LogP contribution in [0, 0.1) is 0 Å². The van der Waals surface area contributed by atoms with E-state index >= 15 is 0 Å². The highest BCUT2D eigenvalue weighted by Crippen LogP contribution is 2.17. The Bertz CT molecular complexity index is 247. The molecule has 1 aromatic carbocycles. The van der Waals surface area contributed by atoms with Crippen molar-refractivity contribution < 1.29 is 6.48 Å². The van der Waals surface area contributed by atoms with Crippen molar-refractivity contribution in [3.8, 4) is 5.75 Å². The number of hydrogen-bond donors (Lipinski definition) is 1. The van der Waals surface area contributed by atoms with E-state index in [0.717, 1.165) is 18.4 Å². The maximum absolute atomic E-state index is 9.39. The Morgan fingerprint density at radius 2 is 2.18 bits per heavy atom. The van der Waals surface area contributed by atoms with E-state index in [0.29, 0.717) is 0 Å². The highest BCUT2D eigenvalue weighted by Gasteiger charge is 1.96. The summed E-state index contributed by atoms with van der Waals surface area (Å²) in [5, 5.41) is 9.39. The van der Waals surface area contributed by atoms with E-state index in [1.54, 1.807) is 12.1 Å². The molecule has 1 unspecified atom stereocenters. The molecule has 0 aliphatic rings. The summed E-state index contributed by atoms with van der Waals surface area (Å²) >= 11 is 0. The number of phenols is 1. The molecule has 0 radical (unpaired) electrons. The second-order valence-electron chi connectivity index (χ2n) is 2.55. The van der Waals surface area contributed by atoms with E-state index in [9.17, 15) is 5.11 Å². The Morgan fingerprint density at radius 1 is 1.45 bits per heavy atom. The van der Waals surface area contributed by atoms with Crippen LogP contribution in [0.3, 0.4) is 0 Å². The van der Waals surface area contributed by atoms with E-state index in [4.69, 9.17) is 1.37 Å². The normalized spacial score (nSPS) is 14.1. The van der Waals surface area contributed by atoms with Crippen LogP contribution in [0.1, 0.15) is 26.7 Å². The number of aromatic hydroxyl groups is 1. The lowest BCUT2D eigenvalue weighted by Crippen LogP contribution is -1.83. The molecule has 0 aromatic heterocycles. The van der Waals surface area contributed by atoms with Crippen LogP contribution in [-0.4, -0.2) is 5.11 Å². The van der Waals surface area contributed by atoms with Crippen LogP contribution in [0.15, 0.2) is 24.3 Å². The van der Waals surface area contributed by atoms with Gasteiger partial charge in [0.25, 0.3) is 0 Å². The lowest BCUT2D eigenvalue weighted by molar-refractivity contribution is 0.467. The lowest BCUT2D eigenvalue weighted by Gasteiger charge is -2.01. The molecule has 0 bridgehead atoms. The molecule has 0 fully saturated rings. The summed E-state index contributed by atoms with van der Waals surface area (Å²) in [6, 6.07) is 7.07. The van der Waals surface area contributed by atoms with E-state index in [1.165, 1.54) is 0 Å². The van der Waals surface area contributed by atoms with Gasteiger partial charge in [0, 0.05) is 1.37 Å². The van der Waals surface area contributed by atoms with Gasteiger partial charge in [0.05, 0.1) is 0 Å². The lowest BCUT2D eigenvalue weighted by atomic mass is 10.1. The van der Waals surface area contributed by atoms with Crippen LogP contribution >= 0.6 is 0 Å². The number of hydrogen-bond acceptors (Lipinski definition) is 1. The zero-order valence-electron chi connectivity index (χ0n) is 7.75. The van der Waals surface area contributed by atoms with Crippen LogP contribution in [0.25, 0.3) is 0 Å². The van der Waals surface area contributed by atoms with Crippen molar-refractivity contribution in [2.45, 2.75) is 26.2 Å². The number of rotatable bonds is 3. The van der Waals surface area contributed by atoms with Crippen molar-refractivity contribution in [3.05, 3.63) is 29.8 Å². The van der Waals surface area contributed by atoms with Crippen LogP contribution < -0.4 is 0 Å². The van der Waals surface area contributed by atoms with Gasteiger partial charge in [0.15, 0.2) is 0 Å². The maximum atomic E-state index is 9.39. The second-order valence-corrected chi connectivity index (χ2v) is 2.55. The summed E-state index contributed by atoms with van der Waals surface area (Å²) < 4.78 is 7.69. The molecule has 1 atom stereocenters. The zero-order chi connectivity index (χ0) is 8.97. The Balaban J connectivity index is 2.79. The maximum Gasteiger partial charge on any atom is 0.118 e. The van der Waals surface area contributed by atoms with E-state index < -0.39 is 0 Å². The first-order valence-corrected chi connectivity index (χ1v) is 3.95. The fraction of sp³-hybridized carbons (Fsp3) is 0.400. The molecular formula is C10H14O. The van der Waals surface area contributed by atoms with E-state index in [1.807, 2.05) is 19.1 Å². The summed E-state index contributed by atoms with van der Waals surface area (Å²) in [4.78, 5) is 0. The Hall–Kier alpha value is -0.980. The van der Waals surface area contributed by atoms with Gasteiger partial charge in [-0.15, -0.1) is 0 Å². The quantitative estimate of drug-likeness (QED) is 0.706. The van der Waals surface area contributed by atoms with Crippen LogP contribution in [0.2, 0.25) is 0 Å². The minimum absolute atomic E-state index is 0.242. The molecule has 0 saturated carbocycles. The molecule has 0 aliphatic carbocycles. The highest BCUT2D eigenvalue weighted by molar-refractivity contribution is 5.31.